The van der Waals surface area contributed by atoms with Crippen LogP contribution in [0.15, 0.2) is 0 Å². The Bertz CT molecular complexity index is 134. The zero-order valence-corrected chi connectivity index (χ0v) is 5.43. The predicted molar refractivity (Wildman–Crippen MR) is 31.5 cm³/mol. The summed E-state index contributed by atoms with van der Waals surface area (Å²) in [6.07, 6.45) is -1.76. The fraction of sp³-hybridized carbons (Fsp3) is 1.00. The second-order valence-corrected chi connectivity index (χ2v) is 2.73. The van der Waals surface area contributed by atoms with Gasteiger partial charge in [0.25, 0.3) is 0 Å². The van der Waals surface area contributed by atoms with Crippen LogP contribution in [0.2, 0.25) is 0 Å². The molecule has 4 atom stereocenters. The van der Waals surface area contributed by atoms with Gasteiger partial charge in [0.05, 0.1) is 13.2 Å². The Morgan fingerprint density at radius 2 is 1.80 bits per heavy atom. The molecule has 2 heterocycles. The number of aliphatic hydroxyl groups is 2. The number of hydrogen-bond acceptors (Lipinski definition) is 4. The molecule has 0 aliphatic carbocycles. The third kappa shape index (κ3) is 0.932. The Hall–Kier alpha value is -0.160. The van der Waals surface area contributed by atoms with Crippen molar-refractivity contribution < 1.29 is 19.7 Å². The SMILES string of the molecule is OC1COC(C2CO2)C1O. The Kier molecular flexibility index (Phi) is 1.42. The number of aliphatic hydroxyl groups excluding tert-OH is 2. The zero-order valence-electron chi connectivity index (χ0n) is 5.43. The minimum Gasteiger partial charge on any atom is -0.388 e. The molecule has 0 aromatic rings. The van der Waals surface area contributed by atoms with Crippen LogP contribution in [0.5, 0.6) is 0 Å². The topological polar surface area (TPSA) is 62.2 Å². The minimum absolute atomic E-state index is 0.0205. The highest BCUT2D eigenvalue weighted by molar-refractivity contribution is 4.93. The molecule has 2 N–H and O–H groups in total. The molecule has 4 nitrogen and oxygen atoms in total. The van der Waals surface area contributed by atoms with Crippen molar-refractivity contribution in [2.24, 2.45) is 0 Å². The molecule has 2 fully saturated rings. The molecule has 0 radical (unpaired) electrons. The van der Waals surface area contributed by atoms with E-state index in [0.29, 0.717) is 6.61 Å². The van der Waals surface area contributed by atoms with Gasteiger partial charge in [0.2, 0.25) is 0 Å². The van der Waals surface area contributed by atoms with Crippen molar-refractivity contribution in [3.05, 3.63) is 0 Å². The van der Waals surface area contributed by atoms with Gasteiger partial charge in [0.1, 0.15) is 24.4 Å². The van der Waals surface area contributed by atoms with Crippen molar-refractivity contribution >= 4 is 0 Å². The van der Waals surface area contributed by atoms with E-state index >= 15 is 0 Å². The van der Waals surface area contributed by atoms with Crippen molar-refractivity contribution in [1.29, 1.82) is 0 Å². The molecule has 58 valence electrons. The Morgan fingerprint density at radius 3 is 2.20 bits per heavy atom. The summed E-state index contributed by atoms with van der Waals surface area (Å²) >= 11 is 0. The first-order chi connectivity index (χ1) is 4.79. The van der Waals surface area contributed by atoms with Crippen LogP contribution < -0.4 is 0 Å². The van der Waals surface area contributed by atoms with E-state index in [0.717, 1.165) is 0 Å². The van der Waals surface area contributed by atoms with Crippen LogP contribution >= 0.6 is 0 Å². The van der Waals surface area contributed by atoms with Gasteiger partial charge in [-0.3, -0.25) is 0 Å². The van der Waals surface area contributed by atoms with E-state index < -0.39 is 12.2 Å². The summed E-state index contributed by atoms with van der Waals surface area (Å²) in [4.78, 5) is 0. The monoisotopic (exact) mass is 146 g/mol. The number of ether oxygens (including phenoxy) is 2. The van der Waals surface area contributed by atoms with Gasteiger partial charge in [-0.1, -0.05) is 0 Å². The molecule has 2 aliphatic rings. The van der Waals surface area contributed by atoms with Crippen molar-refractivity contribution in [1.82, 2.24) is 0 Å². The van der Waals surface area contributed by atoms with E-state index in [1.54, 1.807) is 0 Å². The van der Waals surface area contributed by atoms with Crippen molar-refractivity contribution in [3.8, 4) is 0 Å². The van der Waals surface area contributed by atoms with Crippen LogP contribution in [0.25, 0.3) is 0 Å². The second kappa shape index (κ2) is 2.17. The highest BCUT2D eigenvalue weighted by Crippen LogP contribution is 2.25. The van der Waals surface area contributed by atoms with Crippen molar-refractivity contribution in [2.45, 2.75) is 24.4 Å². The summed E-state index contributed by atoms with van der Waals surface area (Å²) in [6.45, 7) is 0.875. The molecular weight excluding hydrogens is 136 g/mol. The standard InChI is InChI=1S/C6H10O4/c7-3-1-10-6(5(3)8)4-2-9-4/h3-8H,1-2H2. The summed E-state index contributed by atoms with van der Waals surface area (Å²) in [5.74, 6) is 0. The molecule has 10 heavy (non-hydrogen) atoms. The Balaban J connectivity index is 1.96. The predicted octanol–water partition coefficient (Wildman–Crippen LogP) is -1.49. The largest absolute Gasteiger partial charge is 0.388 e. The van der Waals surface area contributed by atoms with E-state index in [1.165, 1.54) is 0 Å². The quantitative estimate of drug-likeness (QED) is 0.442. The fourth-order valence-electron chi connectivity index (χ4n) is 1.20. The summed E-state index contributed by atoms with van der Waals surface area (Å²) in [5.41, 5.74) is 0. The fourth-order valence-corrected chi connectivity index (χ4v) is 1.20. The van der Waals surface area contributed by atoms with E-state index in [1.807, 2.05) is 0 Å². The molecule has 2 rings (SSSR count). The molecule has 2 saturated heterocycles. The number of rotatable bonds is 1. The average molecular weight is 146 g/mol. The van der Waals surface area contributed by atoms with E-state index in [4.69, 9.17) is 14.6 Å². The van der Waals surface area contributed by atoms with Gasteiger partial charge >= 0.3 is 0 Å². The highest BCUT2D eigenvalue weighted by atomic mass is 16.6. The summed E-state index contributed by atoms with van der Waals surface area (Å²) in [5, 5.41) is 18.2. The molecule has 0 bridgehead atoms. The van der Waals surface area contributed by atoms with Crippen molar-refractivity contribution in [3.63, 3.8) is 0 Å². The summed E-state index contributed by atoms with van der Waals surface area (Å²) in [7, 11) is 0. The lowest BCUT2D eigenvalue weighted by molar-refractivity contribution is 0.00960. The smallest absolute Gasteiger partial charge is 0.114 e. The molecule has 0 aromatic carbocycles. The van der Waals surface area contributed by atoms with Crippen LogP contribution in [-0.4, -0.2) is 47.8 Å². The molecule has 0 aromatic heterocycles. The molecule has 0 amide bonds. The lowest BCUT2D eigenvalue weighted by Gasteiger charge is -2.10. The van der Waals surface area contributed by atoms with Gasteiger partial charge in [0.15, 0.2) is 0 Å². The first-order valence-corrected chi connectivity index (χ1v) is 3.38. The van der Waals surface area contributed by atoms with Crippen LogP contribution in [-0.2, 0) is 9.47 Å². The number of epoxide rings is 1. The van der Waals surface area contributed by atoms with Gasteiger partial charge in [-0.15, -0.1) is 0 Å². The van der Waals surface area contributed by atoms with Crippen LogP contribution in [0, 0.1) is 0 Å². The van der Waals surface area contributed by atoms with Gasteiger partial charge < -0.3 is 19.7 Å². The molecule has 4 heteroatoms. The van der Waals surface area contributed by atoms with E-state index in [2.05, 4.69) is 0 Å². The molecule has 4 unspecified atom stereocenters. The molecule has 0 spiro atoms. The summed E-state index contributed by atoms with van der Waals surface area (Å²) < 4.78 is 9.99. The lowest BCUT2D eigenvalue weighted by atomic mass is 10.1. The van der Waals surface area contributed by atoms with Crippen LogP contribution in [0.1, 0.15) is 0 Å². The maximum atomic E-state index is 9.21. The molecular formula is C6H10O4. The third-order valence-electron chi connectivity index (χ3n) is 1.92. The van der Waals surface area contributed by atoms with Gasteiger partial charge in [-0.05, 0) is 0 Å². The van der Waals surface area contributed by atoms with E-state index in [-0.39, 0.29) is 18.8 Å². The molecule has 0 saturated carbocycles. The van der Waals surface area contributed by atoms with Gasteiger partial charge in [-0.2, -0.15) is 0 Å². The highest BCUT2D eigenvalue weighted by Gasteiger charge is 2.45. The minimum atomic E-state index is -0.757. The Labute approximate surface area is 58.4 Å². The van der Waals surface area contributed by atoms with Gasteiger partial charge in [-0.25, -0.2) is 0 Å². The number of hydrogen-bond donors (Lipinski definition) is 2. The van der Waals surface area contributed by atoms with Crippen LogP contribution in [0.4, 0.5) is 0 Å². The Morgan fingerprint density at radius 1 is 1.10 bits per heavy atom. The lowest BCUT2D eigenvalue weighted by Crippen LogP contribution is -2.33. The van der Waals surface area contributed by atoms with Crippen molar-refractivity contribution in [2.75, 3.05) is 13.2 Å². The van der Waals surface area contributed by atoms with Crippen LogP contribution in [0.3, 0.4) is 0 Å². The molecule has 2 aliphatic heterocycles. The second-order valence-electron chi connectivity index (χ2n) is 2.73. The third-order valence-corrected chi connectivity index (χ3v) is 1.92. The maximum Gasteiger partial charge on any atom is 0.114 e. The summed E-state index contributed by atoms with van der Waals surface area (Å²) in [6, 6.07) is 0. The average Bonchev–Trinajstić information content (AvgIpc) is 2.67. The first kappa shape index (κ1) is 6.54. The maximum absolute atomic E-state index is 9.21. The zero-order chi connectivity index (χ0) is 7.14. The van der Waals surface area contributed by atoms with E-state index in [9.17, 15) is 5.11 Å². The first-order valence-electron chi connectivity index (χ1n) is 3.38. The normalized spacial score (nSPS) is 53.4. The van der Waals surface area contributed by atoms with Gasteiger partial charge in [0, 0.05) is 0 Å².